The van der Waals surface area contributed by atoms with Crippen LogP contribution in [-0.2, 0) is 6.18 Å². The van der Waals surface area contributed by atoms with Crippen LogP contribution in [0, 0.1) is 11.3 Å². The molecule has 0 spiro atoms. The number of aromatic nitrogens is 4. The maximum Gasteiger partial charge on any atom is 0.417 e. The minimum Gasteiger partial charge on any atom is -0.307 e. The van der Waals surface area contributed by atoms with Gasteiger partial charge in [-0.05, 0) is 95.1 Å². The van der Waals surface area contributed by atoms with Gasteiger partial charge in [-0.3, -0.25) is 9.97 Å². The van der Waals surface area contributed by atoms with E-state index in [4.69, 9.17) is 9.97 Å². The second-order valence-electron chi connectivity index (χ2n) is 16.8. The van der Waals surface area contributed by atoms with E-state index < -0.39 is 11.7 Å². The van der Waals surface area contributed by atoms with E-state index in [9.17, 15) is 5.26 Å². The second kappa shape index (κ2) is 16.1. The summed E-state index contributed by atoms with van der Waals surface area (Å²) in [5.41, 5.74) is 11.2. The standard InChI is InChI=1S/C60H36F3N5/c61-60(62,63)51-34-59(68-55-21-10-8-19-47(55)50-32-42(25-29-57(50)68)45-23-27-53(66-37-45)40-15-5-2-6-16-40)58(33-48(51)43-17-11-12-38(30-43)35-64)67-54-20-9-7-18-46(54)49-31-41(24-28-56(49)67)44-22-26-52(65-36-44)39-13-3-1-4-14-39/h1-34,36-37H. The molecule has 12 rings (SSSR count). The Labute approximate surface area is 388 Å². The third-order valence-corrected chi connectivity index (χ3v) is 12.9. The van der Waals surface area contributed by atoms with Crippen LogP contribution in [0.1, 0.15) is 11.1 Å². The fraction of sp³-hybridized carbons (Fsp3) is 0.0167. The zero-order chi connectivity index (χ0) is 45.9. The molecule has 0 aliphatic heterocycles. The van der Waals surface area contributed by atoms with Gasteiger partial charge in [0.2, 0.25) is 0 Å². The molecule has 0 bridgehead atoms. The summed E-state index contributed by atoms with van der Waals surface area (Å²) in [6, 6.07) is 67.8. The first kappa shape index (κ1) is 40.4. The van der Waals surface area contributed by atoms with E-state index in [0.717, 1.165) is 88.4 Å². The molecule has 0 unspecified atom stereocenters. The van der Waals surface area contributed by atoms with Crippen molar-refractivity contribution in [3.63, 3.8) is 0 Å². The van der Waals surface area contributed by atoms with E-state index in [0.29, 0.717) is 11.4 Å². The molecule has 0 radical (unpaired) electrons. The molecule has 4 aromatic heterocycles. The van der Waals surface area contributed by atoms with Gasteiger partial charge in [-0.1, -0.05) is 133 Å². The molecule has 322 valence electrons. The number of halogens is 3. The average molecular weight is 884 g/mol. The molecule has 8 heteroatoms. The molecule has 12 aromatic rings. The van der Waals surface area contributed by atoms with Crippen molar-refractivity contribution in [1.29, 1.82) is 5.26 Å². The molecule has 0 saturated carbocycles. The van der Waals surface area contributed by atoms with E-state index >= 15 is 13.2 Å². The molecule has 0 fully saturated rings. The molecule has 0 aliphatic carbocycles. The van der Waals surface area contributed by atoms with Crippen LogP contribution < -0.4 is 0 Å². The predicted octanol–water partition coefficient (Wildman–Crippen LogP) is 15.9. The van der Waals surface area contributed by atoms with E-state index in [1.165, 1.54) is 12.1 Å². The Hall–Kier alpha value is -9.06. The summed E-state index contributed by atoms with van der Waals surface area (Å²) in [7, 11) is 0. The molecule has 68 heavy (non-hydrogen) atoms. The molecule has 8 aromatic carbocycles. The van der Waals surface area contributed by atoms with Crippen molar-refractivity contribution in [3.05, 3.63) is 230 Å². The normalized spacial score (nSPS) is 11.7. The Bertz CT molecular complexity index is 3940. The van der Waals surface area contributed by atoms with Crippen LogP contribution in [0.2, 0.25) is 0 Å². The summed E-state index contributed by atoms with van der Waals surface area (Å²) in [4.78, 5) is 9.59. The SMILES string of the molecule is N#Cc1cccc(-c2cc(-n3c4ccccc4c4cc(-c5ccc(-c6ccccc6)nc5)ccc43)c(-n3c4ccccc4c4cc(-c5ccc(-c6ccccc6)nc5)ccc43)cc2C(F)(F)F)c1. The van der Waals surface area contributed by atoms with Crippen molar-refractivity contribution in [2.75, 3.05) is 0 Å². The Kier molecular flexibility index (Phi) is 9.59. The molecule has 0 N–H and O–H groups in total. The van der Waals surface area contributed by atoms with Gasteiger partial charge in [0.1, 0.15) is 0 Å². The largest absolute Gasteiger partial charge is 0.417 e. The van der Waals surface area contributed by atoms with Gasteiger partial charge >= 0.3 is 6.18 Å². The molecule has 0 aliphatic rings. The molecular weight excluding hydrogens is 848 g/mol. The minimum atomic E-state index is -4.75. The van der Waals surface area contributed by atoms with Gasteiger partial charge in [0.25, 0.3) is 0 Å². The Morgan fingerprint density at radius 2 is 0.838 bits per heavy atom. The Balaban J connectivity index is 1.10. The van der Waals surface area contributed by atoms with Crippen molar-refractivity contribution < 1.29 is 13.2 Å². The zero-order valence-electron chi connectivity index (χ0n) is 36.2. The second-order valence-corrected chi connectivity index (χ2v) is 16.8. The van der Waals surface area contributed by atoms with E-state index in [1.54, 1.807) is 24.3 Å². The van der Waals surface area contributed by atoms with Gasteiger partial charge in [0.05, 0.1) is 62.0 Å². The summed E-state index contributed by atoms with van der Waals surface area (Å²) in [5.74, 6) is 0. The van der Waals surface area contributed by atoms with Crippen LogP contribution in [0.25, 0.3) is 111 Å². The average Bonchev–Trinajstić information content (AvgIpc) is 3.90. The highest BCUT2D eigenvalue weighted by Crippen LogP contribution is 2.46. The zero-order valence-corrected chi connectivity index (χ0v) is 36.2. The highest BCUT2D eigenvalue weighted by Gasteiger charge is 2.36. The summed E-state index contributed by atoms with van der Waals surface area (Å²) in [6.45, 7) is 0. The van der Waals surface area contributed by atoms with Gasteiger partial charge in [-0.15, -0.1) is 0 Å². The number of nitrogens with zero attached hydrogens (tertiary/aromatic N) is 5. The molecule has 0 atom stereocenters. The first-order valence-corrected chi connectivity index (χ1v) is 22.2. The number of hydrogen-bond donors (Lipinski definition) is 0. The maximum atomic E-state index is 15.8. The van der Waals surface area contributed by atoms with Crippen LogP contribution in [0.3, 0.4) is 0 Å². The molecule has 5 nitrogen and oxygen atoms in total. The quantitative estimate of drug-likeness (QED) is 0.160. The minimum absolute atomic E-state index is 0.0324. The lowest BCUT2D eigenvalue weighted by molar-refractivity contribution is -0.137. The van der Waals surface area contributed by atoms with Gasteiger partial charge in [-0.2, -0.15) is 18.4 Å². The van der Waals surface area contributed by atoms with E-state index in [2.05, 4.69) is 34.9 Å². The number of pyridine rings is 2. The van der Waals surface area contributed by atoms with Gasteiger partial charge < -0.3 is 9.13 Å². The van der Waals surface area contributed by atoms with Crippen molar-refractivity contribution in [3.8, 4) is 73.3 Å². The fourth-order valence-corrected chi connectivity index (χ4v) is 9.68. The molecular formula is C60H36F3N5. The molecule has 0 amide bonds. The maximum absolute atomic E-state index is 15.8. The van der Waals surface area contributed by atoms with Crippen LogP contribution in [0.4, 0.5) is 13.2 Å². The number of para-hydroxylation sites is 2. The van der Waals surface area contributed by atoms with Gasteiger partial charge in [0.15, 0.2) is 0 Å². The summed E-state index contributed by atoms with van der Waals surface area (Å²) < 4.78 is 51.3. The third-order valence-electron chi connectivity index (χ3n) is 12.9. The molecule has 0 saturated heterocycles. The van der Waals surface area contributed by atoms with Crippen molar-refractivity contribution in [2.45, 2.75) is 6.18 Å². The predicted molar refractivity (Wildman–Crippen MR) is 268 cm³/mol. The van der Waals surface area contributed by atoms with Crippen molar-refractivity contribution in [1.82, 2.24) is 19.1 Å². The number of hydrogen-bond acceptors (Lipinski definition) is 3. The lowest BCUT2D eigenvalue weighted by Crippen LogP contribution is -2.12. The van der Waals surface area contributed by atoms with Gasteiger partial charge in [0, 0.05) is 56.2 Å². The monoisotopic (exact) mass is 883 g/mol. The van der Waals surface area contributed by atoms with Crippen LogP contribution in [0.15, 0.2) is 219 Å². The topological polar surface area (TPSA) is 59.4 Å². The summed E-state index contributed by atoms with van der Waals surface area (Å²) in [6.07, 6.45) is -1.02. The van der Waals surface area contributed by atoms with E-state index in [-0.39, 0.29) is 16.7 Å². The first-order chi connectivity index (χ1) is 33.3. The first-order valence-electron chi connectivity index (χ1n) is 22.2. The summed E-state index contributed by atoms with van der Waals surface area (Å²) >= 11 is 0. The van der Waals surface area contributed by atoms with Crippen molar-refractivity contribution in [2.24, 2.45) is 0 Å². The lowest BCUT2D eigenvalue weighted by Gasteiger charge is -2.22. The number of benzene rings is 8. The lowest BCUT2D eigenvalue weighted by atomic mass is 9.95. The smallest absolute Gasteiger partial charge is 0.307 e. The fourth-order valence-electron chi connectivity index (χ4n) is 9.68. The third kappa shape index (κ3) is 6.88. The Morgan fingerprint density at radius 3 is 1.32 bits per heavy atom. The van der Waals surface area contributed by atoms with Gasteiger partial charge in [-0.25, -0.2) is 0 Å². The van der Waals surface area contributed by atoms with Crippen molar-refractivity contribution >= 4 is 43.6 Å². The van der Waals surface area contributed by atoms with Crippen LogP contribution >= 0.6 is 0 Å². The summed E-state index contributed by atoms with van der Waals surface area (Å²) in [5, 5.41) is 13.5. The van der Waals surface area contributed by atoms with Crippen LogP contribution in [-0.4, -0.2) is 19.1 Å². The number of fused-ring (bicyclic) bond motifs is 6. The highest BCUT2D eigenvalue weighted by atomic mass is 19.4. The number of rotatable bonds is 7. The van der Waals surface area contributed by atoms with Crippen LogP contribution in [0.5, 0.6) is 0 Å². The number of alkyl halides is 3. The van der Waals surface area contributed by atoms with E-state index in [1.807, 2.05) is 163 Å². The number of nitriles is 1. The Morgan fingerprint density at radius 1 is 0.382 bits per heavy atom. The molecule has 4 heterocycles. The highest BCUT2D eigenvalue weighted by molar-refractivity contribution is 6.13.